The van der Waals surface area contributed by atoms with Crippen LogP contribution >= 0.6 is 0 Å². The van der Waals surface area contributed by atoms with Gasteiger partial charge in [0.2, 0.25) is 0 Å². The van der Waals surface area contributed by atoms with Crippen molar-refractivity contribution in [3.63, 3.8) is 0 Å². The van der Waals surface area contributed by atoms with Gasteiger partial charge in [-0.1, -0.05) is 48.5 Å². The first-order chi connectivity index (χ1) is 10.6. The molecule has 1 atom stereocenters. The minimum absolute atomic E-state index is 0.327. The molecule has 0 amide bonds. The van der Waals surface area contributed by atoms with E-state index in [0.717, 1.165) is 21.9 Å². The van der Waals surface area contributed by atoms with Gasteiger partial charge < -0.3 is 10.0 Å². The number of phenols is 1. The summed E-state index contributed by atoms with van der Waals surface area (Å²) in [6.45, 7) is 2.18. The summed E-state index contributed by atoms with van der Waals surface area (Å²) in [7, 11) is 4.15. The van der Waals surface area contributed by atoms with Crippen molar-refractivity contribution in [3.05, 3.63) is 66.2 Å². The number of phenolic OH excluding ortho intramolecular Hbond substituents is 1. The molecular weight excluding hydrogens is 270 g/mol. The van der Waals surface area contributed by atoms with E-state index in [4.69, 9.17) is 0 Å². The quantitative estimate of drug-likeness (QED) is 0.746. The Kier molecular flexibility index (Phi) is 3.86. The van der Waals surface area contributed by atoms with Crippen LogP contribution in [-0.4, -0.2) is 24.1 Å². The molecule has 0 bridgehead atoms. The number of hydrogen-bond acceptors (Lipinski definition) is 2. The Morgan fingerprint density at radius 3 is 2.45 bits per heavy atom. The first-order valence-electron chi connectivity index (χ1n) is 7.55. The highest BCUT2D eigenvalue weighted by Crippen LogP contribution is 2.37. The molecule has 0 aliphatic carbocycles. The second-order valence-corrected chi connectivity index (χ2v) is 5.95. The molecule has 3 rings (SSSR count). The van der Waals surface area contributed by atoms with Gasteiger partial charge in [0.15, 0.2) is 0 Å². The summed E-state index contributed by atoms with van der Waals surface area (Å²) < 4.78 is 0. The van der Waals surface area contributed by atoms with E-state index in [9.17, 15) is 5.11 Å². The molecule has 3 aromatic carbocycles. The number of rotatable bonds is 3. The van der Waals surface area contributed by atoms with Gasteiger partial charge in [0.05, 0.1) is 0 Å². The third kappa shape index (κ3) is 2.58. The van der Waals surface area contributed by atoms with Gasteiger partial charge in [-0.15, -0.1) is 0 Å². The monoisotopic (exact) mass is 291 g/mol. The molecule has 112 valence electrons. The van der Waals surface area contributed by atoms with E-state index in [-0.39, 0.29) is 0 Å². The Labute approximate surface area is 131 Å². The molecule has 2 nitrogen and oxygen atoms in total. The van der Waals surface area contributed by atoms with Crippen molar-refractivity contribution >= 4 is 10.8 Å². The Morgan fingerprint density at radius 1 is 0.909 bits per heavy atom. The molecule has 22 heavy (non-hydrogen) atoms. The van der Waals surface area contributed by atoms with E-state index in [0.29, 0.717) is 11.8 Å². The molecule has 0 unspecified atom stereocenters. The highest BCUT2D eigenvalue weighted by molar-refractivity contribution is 5.99. The Morgan fingerprint density at radius 2 is 1.68 bits per heavy atom. The largest absolute Gasteiger partial charge is 0.507 e. The van der Waals surface area contributed by atoms with Crippen LogP contribution in [0.4, 0.5) is 0 Å². The lowest BCUT2D eigenvalue weighted by molar-refractivity contribution is 0.321. The van der Waals surface area contributed by atoms with Crippen LogP contribution in [0.1, 0.15) is 18.5 Å². The van der Waals surface area contributed by atoms with Gasteiger partial charge in [0.25, 0.3) is 0 Å². The van der Waals surface area contributed by atoms with E-state index in [1.54, 1.807) is 6.07 Å². The van der Waals surface area contributed by atoms with Crippen LogP contribution in [0.5, 0.6) is 5.75 Å². The molecule has 0 saturated carbocycles. The minimum Gasteiger partial charge on any atom is -0.507 e. The lowest BCUT2D eigenvalue weighted by Crippen LogP contribution is -2.16. The summed E-state index contributed by atoms with van der Waals surface area (Å²) in [4.78, 5) is 2.18. The maximum Gasteiger partial charge on any atom is 0.124 e. The van der Waals surface area contributed by atoms with E-state index < -0.39 is 0 Å². The Bertz CT molecular complexity index is 808. The molecule has 3 aromatic rings. The van der Waals surface area contributed by atoms with Crippen molar-refractivity contribution in [3.8, 4) is 16.9 Å². The lowest BCUT2D eigenvalue weighted by Gasteiger charge is -2.21. The van der Waals surface area contributed by atoms with E-state index >= 15 is 0 Å². The van der Waals surface area contributed by atoms with Crippen molar-refractivity contribution in [2.24, 2.45) is 0 Å². The minimum atomic E-state index is 0.327. The van der Waals surface area contributed by atoms with Gasteiger partial charge in [-0.25, -0.2) is 0 Å². The second-order valence-electron chi connectivity index (χ2n) is 5.95. The summed E-state index contributed by atoms with van der Waals surface area (Å²) in [5.74, 6) is 0.327. The summed E-state index contributed by atoms with van der Waals surface area (Å²) in [6, 6.07) is 20.7. The number of nitrogens with zero attached hydrogens (tertiary/aromatic N) is 1. The standard InChI is InChI=1S/C20H21NO/c1-14(21(2)3)16-8-6-9-17(13-16)20-18-10-5-4-7-15(18)11-12-19(20)22/h4-14,22H,1-3H3/t14-/m0/s1. The molecule has 0 saturated heterocycles. The number of aromatic hydroxyl groups is 1. The topological polar surface area (TPSA) is 23.5 Å². The highest BCUT2D eigenvalue weighted by Gasteiger charge is 2.12. The fourth-order valence-corrected chi connectivity index (χ4v) is 2.82. The number of fused-ring (bicyclic) bond motifs is 1. The summed E-state index contributed by atoms with van der Waals surface area (Å²) in [6.07, 6.45) is 0. The smallest absolute Gasteiger partial charge is 0.124 e. The predicted molar refractivity (Wildman–Crippen MR) is 93.2 cm³/mol. The molecule has 0 aliphatic rings. The third-order valence-electron chi connectivity index (χ3n) is 4.34. The molecule has 0 spiro atoms. The highest BCUT2D eigenvalue weighted by atomic mass is 16.3. The van der Waals surface area contributed by atoms with Crippen molar-refractivity contribution in [1.29, 1.82) is 0 Å². The average molecular weight is 291 g/mol. The first kappa shape index (κ1) is 14.6. The van der Waals surface area contributed by atoms with Crippen molar-refractivity contribution < 1.29 is 5.11 Å². The molecule has 1 N–H and O–H groups in total. The van der Waals surface area contributed by atoms with E-state index in [2.05, 4.69) is 62.3 Å². The lowest BCUT2D eigenvalue weighted by atomic mass is 9.94. The maximum atomic E-state index is 10.4. The van der Waals surface area contributed by atoms with Crippen LogP contribution in [0.25, 0.3) is 21.9 Å². The normalized spacial score (nSPS) is 12.7. The van der Waals surface area contributed by atoms with E-state index in [1.807, 2.05) is 18.2 Å². The van der Waals surface area contributed by atoms with Gasteiger partial charge in [-0.05, 0) is 55.1 Å². The summed E-state index contributed by atoms with van der Waals surface area (Å²) in [5, 5.41) is 12.6. The van der Waals surface area contributed by atoms with Gasteiger partial charge in [0, 0.05) is 11.6 Å². The second kappa shape index (κ2) is 5.82. The molecule has 2 heteroatoms. The molecule has 0 fully saturated rings. The van der Waals surface area contributed by atoms with Crippen molar-refractivity contribution in [1.82, 2.24) is 4.90 Å². The number of hydrogen-bond donors (Lipinski definition) is 1. The summed E-state index contributed by atoms with van der Waals surface area (Å²) >= 11 is 0. The van der Waals surface area contributed by atoms with E-state index in [1.165, 1.54) is 5.56 Å². The van der Waals surface area contributed by atoms with Crippen LogP contribution < -0.4 is 0 Å². The zero-order chi connectivity index (χ0) is 15.7. The van der Waals surface area contributed by atoms with Crippen LogP contribution in [0.3, 0.4) is 0 Å². The molecular formula is C20H21NO. The van der Waals surface area contributed by atoms with Crippen LogP contribution in [-0.2, 0) is 0 Å². The van der Waals surface area contributed by atoms with Gasteiger partial charge in [-0.3, -0.25) is 0 Å². The van der Waals surface area contributed by atoms with Gasteiger partial charge in [-0.2, -0.15) is 0 Å². The molecule has 0 aliphatic heterocycles. The fraction of sp³-hybridized carbons (Fsp3) is 0.200. The predicted octanol–water partition coefficient (Wildman–Crippen LogP) is 4.84. The number of benzene rings is 3. The SMILES string of the molecule is C[C@@H](c1cccc(-c2c(O)ccc3ccccc23)c1)N(C)C. The van der Waals surface area contributed by atoms with Gasteiger partial charge in [0.1, 0.15) is 5.75 Å². The maximum absolute atomic E-state index is 10.4. The molecule has 0 radical (unpaired) electrons. The van der Waals surface area contributed by atoms with Crippen molar-refractivity contribution in [2.75, 3.05) is 14.1 Å². The van der Waals surface area contributed by atoms with Crippen LogP contribution in [0.15, 0.2) is 60.7 Å². The third-order valence-corrected chi connectivity index (χ3v) is 4.34. The summed E-state index contributed by atoms with van der Waals surface area (Å²) in [5.41, 5.74) is 3.21. The van der Waals surface area contributed by atoms with Crippen molar-refractivity contribution in [2.45, 2.75) is 13.0 Å². The first-order valence-corrected chi connectivity index (χ1v) is 7.55. The average Bonchev–Trinajstić information content (AvgIpc) is 2.54. The molecule has 0 heterocycles. The fourth-order valence-electron chi connectivity index (χ4n) is 2.82. The Balaban J connectivity index is 2.20. The zero-order valence-electron chi connectivity index (χ0n) is 13.2. The van der Waals surface area contributed by atoms with Gasteiger partial charge >= 0.3 is 0 Å². The zero-order valence-corrected chi connectivity index (χ0v) is 13.2. The van der Waals surface area contributed by atoms with Crippen LogP contribution in [0.2, 0.25) is 0 Å². The molecule has 0 aromatic heterocycles. The van der Waals surface area contributed by atoms with Crippen LogP contribution in [0, 0.1) is 0 Å². The Hall–Kier alpha value is -2.32.